The van der Waals surface area contributed by atoms with Crippen LogP contribution in [0.25, 0.3) is 0 Å². The fourth-order valence-electron chi connectivity index (χ4n) is 3.24. The summed E-state index contributed by atoms with van der Waals surface area (Å²) >= 11 is 0. The van der Waals surface area contributed by atoms with Crippen LogP contribution in [0.1, 0.15) is 19.3 Å². The summed E-state index contributed by atoms with van der Waals surface area (Å²) in [7, 11) is 0.646. The molecule has 0 spiro atoms. The quantitative estimate of drug-likeness (QED) is 0.565. The van der Waals surface area contributed by atoms with Gasteiger partial charge in [-0.15, -0.1) is 0 Å². The lowest BCUT2D eigenvalue weighted by Crippen LogP contribution is -2.47. The van der Waals surface area contributed by atoms with Crippen molar-refractivity contribution in [3.8, 4) is 0 Å². The van der Waals surface area contributed by atoms with Crippen LogP contribution in [-0.2, 0) is 14.8 Å². The van der Waals surface area contributed by atoms with Gasteiger partial charge in [-0.2, -0.15) is 4.31 Å². The van der Waals surface area contributed by atoms with Gasteiger partial charge in [0, 0.05) is 52.3 Å². The van der Waals surface area contributed by atoms with Gasteiger partial charge in [0.1, 0.15) is 0 Å². The molecule has 2 rings (SSSR count). The largest absolute Gasteiger partial charge is 0.381 e. The zero-order valence-electron chi connectivity index (χ0n) is 13.8. The highest BCUT2D eigenvalue weighted by Gasteiger charge is 2.31. The molecule has 2 aliphatic rings. The van der Waals surface area contributed by atoms with E-state index >= 15 is 0 Å². The van der Waals surface area contributed by atoms with Crippen molar-refractivity contribution in [1.29, 1.82) is 0 Å². The molecular weight excluding hydrogens is 304 g/mol. The molecule has 0 saturated carbocycles. The van der Waals surface area contributed by atoms with Crippen LogP contribution in [0, 0.1) is 5.92 Å². The Hall–Kier alpha value is -0.860. The second-order valence-electron chi connectivity index (χ2n) is 6.21. The van der Waals surface area contributed by atoms with E-state index in [-0.39, 0.29) is 6.04 Å². The molecule has 2 aliphatic heterocycles. The molecule has 2 saturated heterocycles. The molecule has 0 aromatic rings. The van der Waals surface area contributed by atoms with Crippen LogP contribution < -0.4 is 5.32 Å². The van der Waals surface area contributed by atoms with Crippen molar-refractivity contribution in [1.82, 2.24) is 14.5 Å². The van der Waals surface area contributed by atoms with Crippen LogP contribution in [0.5, 0.6) is 0 Å². The number of hydrogen-bond donors (Lipinski definition) is 1. The minimum atomic E-state index is -3.12. The Labute approximate surface area is 133 Å². The molecule has 2 heterocycles. The fraction of sp³-hybridized carbons (Fsp3) is 0.929. The van der Waals surface area contributed by atoms with Gasteiger partial charge in [-0.25, -0.2) is 8.42 Å². The molecule has 0 radical (unpaired) electrons. The van der Waals surface area contributed by atoms with Gasteiger partial charge in [0.2, 0.25) is 10.0 Å². The lowest BCUT2D eigenvalue weighted by molar-refractivity contribution is 0.181. The molecule has 2 atom stereocenters. The summed E-state index contributed by atoms with van der Waals surface area (Å²) in [6.45, 7) is 3.78. The van der Waals surface area contributed by atoms with Crippen LogP contribution in [0.3, 0.4) is 0 Å². The molecular formula is C14H28N4O3S. The third-order valence-corrected chi connectivity index (χ3v) is 5.71. The van der Waals surface area contributed by atoms with Gasteiger partial charge < -0.3 is 15.0 Å². The SMILES string of the molecule is CN=C(NC[C@H]1CCCN1S(C)(=O)=O)N(C)CC1CCOC1. The standard InChI is InChI=1S/C14H28N4O3S/c1-15-14(17(2)10-12-6-8-21-11-12)16-9-13-5-4-7-18(13)22(3,19)20/h12-13H,4-11H2,1-3H3,(H,15,16)/t12?,13-/m1/s1. The Morgan fingerprint density at radius 3 is 2.82 bits per heavy atom. The highest BCUT2D eigenvalue weighted by molar-refractivity contribution is 7.88. The minimum absolute atomic E-state index is 0.0231. The van der Waals surface area contributed by atoms with Crippen LogP contribution in [-0.4, -0.2) is 82.8 Å². The topological polar surface area (TPSA) is 74.2 Å². The molecule has 0 bridgehead atoms. The first-order valence-electron chi connectivity index (χ1n) is 7.88. The van der Waals surface area contributed by atoms with Crippen molar-refractivity contribution >= 4 is 16.0 Å². The predicted octanol–water partition coefficient (Wildman–Crippen LogP) is -0.0459. The highest BCUT2D eigenvalue weighted by Crippen LogP contribution is 2.19. The van der Waals surface area contributed by atoms with Crippen LogP contribution in [0.4, 0.5) is 0 Å². The fourth-order valence-corrected chi connectivity index (χ4v) is 4.43. The number of aliphatic imine (C=N–C) groups is 1. The average Bonchev–Trinajstić information content (AvgIpc) is 3.09. The normalized spacial score (nSPS) is 27.3. The summed E-state index contributed by atoms with van der Waals surface area (Å²) < 4.78 is 30.5. The third-order valence-electron chi connectivity index (χ3n) is 4.37. The Morgan fingerprint density at radius 2 is 2.23 bits per heavy atom. The Kier molecular flexibility index (Phi) is 6.05. The predicted molar refractivity (Wildman–Crippen MR) is 87.5 cm³/mol. The summed E-state index contributed by atoms with van der Waals surface area (Å²) in [5.74, 6) is 1.36. The van der Waals surface area contributed by atoms with Gasteiger partial charge in [-0.1, -0.05) is 0 Å². The second-order valence-corrected chi connectivity index (χ2v) is 8.14. The molecule has 0 aliphatic carbocycles. The van der Waals surface area contributed by atoms with Crippen LogP contribution in [0.15, 0.2) is 4.99 Å². The van der Waals surface area contributed by atoms with Crippen LogP contribution >= 0.6 is 0 Å². The number of nitrogens with zero attached hydrogens (tertiary/aromatic N) is 3. The zero-order valence-corrected chi connectivity index (χ0v) is 14.6. The van der Waals surface area contributed by atoms with Crippen molar-refractivity contribution in [3.63, 3.8) is 0 Å². The summed E-state index contributed by atoms with van der Waals surface area (Å²) in [6.07, 6.45) is 4.20. The maximum atomic E-state index is 11.8. The summed E-state index contributed by atoms with van der Waals surface area (Å²) in [6, 6.07) is 0.0231. The van der Waals surface area contributed by atoms with Crippen LogP contribution in [0.2, 0.25) is 0 Å². The van der Waals surface area contributed by atoms with Crippen molar-refractivity contribution < 1.29 is 13.2 Å². The van der Waals surface area contributed by atoms with Gasteiger partial charge in [0.05, 0.1) is 12.9 Å². The maximum absolute atomic E-state index is 11.8. The maximum Gasteiger partial charge on any atom is 0.211 e. The molecule has 22 heavy (non-hydrogen) atoms. The number of nitrogens with one attached hydrogen (secondary N) is 1. The van der Waals surface area contributed by atoms with Gasteiger partial charge in [-0.3, -0.25) is 4.99 Å². The average molecular weight is 332 g/mol. The van der Waals surface area contributed by atoms with Crippen molar-refractivity contribution in [2.75, 3.05) is 53.2 Å². The van der Waals surface area contributed by atoms with Gasteiger partial charge in [0.15, 0.2) is 5.96 Å². The third kappa shape index (κ3) is 4.57. The molecule has 7 nitrogen and oxygen atoms in total. The lowest BCUT2D eigenvalue weighted by atomic mass is 10.1. The molecule has 8 heteroatoms. The number of hydrogen-bond acceptors (Lipinski definition) is 4. The van der Waals surface area contributed by atoms with E-state index in [0.29, 0.717) is 19.0 Å². The highest BCUT2D eigenvalue weighted by atomic mass is 32.2. The summed E-state index contributed by atoms with van der Waals surface area (Å²) in [5, 5.41) is 3.32. The number of ether oxygens (including phenoxy) is 1. The summed E-state index contributed by atoms with van der Waals surface area (Å²) in [5.41, 5.74) is 0. The van der Waals surface area contributed by atoms with E-state index < -0.39 is 10.0 Å². The number of sulfonamides is 1. The van der Waals surface area contributed by atoms with Crippen molar-refractivity contribution in [2.45, 2.75) is 25.3 Å². The zero-order chi connectivity index (χ0) is 16.2. The first-order valence-corrected chi connectivity index (χ1v) is 9.73. The monoisotopic (exact) mass is 332 g/mol. The first kappa shape index (κ1) is 17.5. The van der Waals surface area contributed by atoms with E-state index in [1.165, 1.54) is 6.26 Å². The van der Waals surface area contributed by atoms with Gasteiger partial charge >= 0.3 is 0 Å². The van der Waals surface area contributed by atoms with E-state index in [4.69, 9.17) is 4.74 Å². The molecule has 1 unspecified atom stereocenters. The van der Waals surface area contributed by atoms with E-state index in [9.17, 15) is 8.42 Å². The molecule has 0 aromatic carbocycles. The van der Waals surface area contributed by atoms with Gasteiger partial charge in [0.25, 0.3) is 0 Å². The van der Waals surface area contributed by atoms with E-state index in [2.05, 4.69) is 15.2 Å². The lowest BCUT2D eigenvalue weighted by Gasteiger charge is -2.27. The Bertz CT molecular complexity index is 488. The second kappa shape index (κ2) is 7.61. The molecule has 128 valence electrons. The molecule has 1 N–H and O–H groups in total. The smallest absolute Gasteiger partial charge is 0.211 e. The number of guanidine groups is 1. The van der Waals surface area contributed by atoms with E-state index in [1.807, 2.05) is 7.05 Å². The van der Waals surface area contributed by atoms with Gasteiger partial charge in [-0.05, 0) is 19.3 Å². The van der Waals surface area contributed by atoms with E-state index in [0.717, 1.165) is 45.0 Å². The summed E-state index contributed by atoms with van der Waals surface area (Å²) in [4.78, 5) is 6.40. The molecule has 2 fully saturated rings. The van der Waals surface area contributed by atoms with E-state index in [1.54, 1.807) is 11.4 Å². The Morgan fingerprint density at radius 1 is 1.45 bits per heavy atom. The van der Waals surface area contributed by atoms with Crippen molar-refractivity contribution in [2.24, 2.45) is 10.9 Å². The number of rotatable bonds is 5. The van der Waals surface area contributed by atoms with Crippen molar-refractivity contribution in [3.05, 3.63) is 0 Å². The molecule has 0 amide bonds. The first-order chi connectivity index (χ1) is 10.4. The minimum Gasteiger partial charge on any atom is -0.381 e. The molecule has 0 aromatic heterocycles. The Balaban J connectivity index is 1.85.